The summed E-state index contributed by atoms with van der Waals surface area (Å²) in [5.74, 6) is 0.757. The summed E-state index contributed by atoms with van der Waals surface area (Å²) >= 11 is 5.21. The number of aryl methyl sites for hydroxylation is 2. The van der Waals surface area contributed by atoms with Crippen LogP contribution in [0.4, 0.5) is 5.82 Å². The van der Waals surface area contributed by atoms with Gasteiger partial charge in [0.1, 0.15) is 16.3 Å². The van der Waals surface area contributed by atoms with E-state index in [0.717, 1.165) is 36.3 Å². The molecule has 0 aromatic carbocycles. The molecule has 1 amide bonds. The second-order valence-corrected chi connectivity index (χ2v) is 6.59. The molecule has 0 bridgehead atoms. The SMILES string of the molecule is CC1(C)C(=O)NCCN1c1nc2c(cc1C(N)=S)CCC2. The number of fused-ring (bicyclic) bond motifs is 1. The van der Waals surface area contributed by atoms with Crippen LogP contribution in [0.25, 0.3) is 0 Å². The van der Waals surface area contributed by atoms with Crippen molar-refractivity contribution in [3.63, 3.8) is 0 Å². The summed E-state index contributed by atoms with van der Waals surface area (Å²) in [5.41, 5.74) is 8.39. The highest BCUT2D eigenvalue weighted by Crippen LogP contribution is 2.32. The molecular formula is C15H20N4OS. The zero-order chi connectivity index (χ0) is 15.2. The molecule has 0 spiro atoms. The number of hydrogen-bond donors (Lipinski definition) is 2. The van der Waals surface area contributed by atoms with E-state index in [1.807, 2.05) is 18.7 Å². The Kier molecular flexibility index (Phi) is 3.36. The van der Waals surface area contributed by atoms with Crippen LogP contribution in [-0.2, 0) is 17.6 Å². The molecule has 0 unspecified atom stereocenters. The minimum Gasteiger partial charge on any atom is -0.389 e. The number of nitrogens with two attached hydrogens (primary N) is 1. The van der Waals surface area contributed by atoms with Crippen molar-refractivity contribution in [3.05, 3.63) is 22.9 Å². The molecular weight excluding hydrogens is 284 g/mol. The van der Waals surface area contributed by atoms with Gasteiger partial charge < -0.3 is 16.0 Å². The van der Waals surface area contributed by atoms with Crippen LogP contribution in [0.15, 0.2) is 6.07 Å². The summed E-state index contributed by atoms with van der Waals surface area (Å²) in [7, 11) is 0. The van der Waals surface area contributed by atoms with Gasteiger partial charge in [-0.3, -0.25) is 4.79 Å². The van der Waals surface area contributed by atoms with Crippen LogP contribution in [0.5, 0.6) is 0 Å². The van der Waals surface area contributed by atoms with E-state index < -0.39 is 5.54 Å². The zero-order valence-corrected chi connectivity index (χ0v) is 13.2. The number of anilines is 1. The highest BCUT2D eigenvalue weighted by molar-refractivity contribution is 7.80. The molecule has 3 rings (SSSR count). The van der Waals surface area contributed by atoms with E-state index in [9.17, 15) is 4.79 Å². The highest BCUT2D eigenvalue weighted by atomic mass is 32.1. The Hall–Kier alpha value is -1.69. The van der Waals surface area contributed by atoms with Crippen LogP contribution in [0, 0.1) is 0 Å². The molecule has 3 N–H and O–H groups in total. The maximum Gasteiger partial charge on any atom is 0.245 e. The third-order valence-corrected chi connectivity index (χ3v) is 4.62. The minimum atomic E-state index is -0.655. The lowest BCUT2D eigenvalue weighted by molar-refractivity contribution is -0.126. The monoisotopic (exact) mass is 304 g/mol. The number of nitrogens with zero attached hydrogens (tertiary/aromatic N) is 2. The summed E-state index contributed by atoms with van der Waals surface area (Å²) in [6, 6.07) is 2.07. The van der Waals surface area contributed by atoms with Gasteiger partial charge in [0, 0.05) is 18.8 Å². The van der Waals surface area contributed by atoms with Gasteiger partial charge in [0.05, 0.1) is 5.56 Å². The molecule has 0 radical (unpaired) electrons. The van der Waals surface area contributed by atoms with Gasteiger partial charge in [-0.2, -0.15) is 0 Å². The Morgan fingerprint density at radius 1 is 1.48 bits per heavy atom. The third-order valence-electron chi connectivity index (χ3n) is 4.40. The smallest absolute Gasteiger partial charge is 0.245 e. The van der Waals surface area contributed by atoms with Crippen LogP contribution < -0.4 is 16.0 Å². The second kappa shape index (κ2) is 4.94. The Balaban J connectivity index is 2.12. The van der Waals surface area contributed by atoms with Crippen molar-refractivity contribution in [1.82, 2.24) is 10.3 Å². The molecule has 1 fully saturated rings. The van der Waals surface area contributed by atoms with Gasteiger partial charge in [0.15, 0.2) is 0 Å². The average molecular weight is 304 g/mol. The van der Waals surface area contributed by atoms with Crippen molar-refractivity contribution >= 4 is 28.9 Å². The van der Waals surface area contributed by atoms with Gasteiger partial charge in [-0.25, -0.2) is 4.98 Å². The molecule has 6 heteroatoms. The number of carbonyl (C=O) groups is 1. The summed E-state index contributed by atoms with van der Waals surface area (Å²) in [4.78, 5) is 19.3. The summed E-state index contributed by atoms with van der Waals surface area (Å²) in [5, 5.41) is 2.90. The Labute approximate surface area is 129 Å². The van der Waals surface area contributed by atoms with Crippen molar-refractivity contribution in [2.75, 3.05) is 18.0 Å². The quantitative estimate of drug-likeness (QED) is 0.795. The molecule has 1 aromatic rings. The fourth-order valence-corrected chi connectivity index (χ4v) is 3.27. The summed E-state index contributed by atoms with van der Waals surface area (Å²) in [6.07, 6.45) is 3.13. The molecule has 1 saturated heterocycles. The van der Waals surface area contributed by atoms with Gasteiger partial charge in [0.2, 0.25) is 5.91 Å². The van der Waals surface area contributed by atoms with Crippen molar-refractivity contribution in [1.29, 1.82) is 0 Å². The first kappa shape index (κ1) is 14.3. The van der Waals surface area contributed by atoms with E-state index in [-0.39, 0.29) is 5.91 Å². The Morgan fingerprint density at radius 3 is 2.95 bits per heavy atom. The van der Waals surface area contributed by atoms with Crippen LogP contribution in [0.3, 0.4) is 0 Å². The first-order valence-corrected chi connectivity index (χ1v) is 7.70. The molecule has 2 heterocycles. The number of carbonyl (C=O) groups excluding carboxylic acids is 1. The number of aromatic nitrogens is 1. The van der Waals surface area contributed by atoms with E-state index in [1.54, 1.807) is 0 Å². The normalized spacial score (nSPS) is 20.1. The number of piperazine rings is 1. The molecule has 1 aliphatic carbocycles. The minimum absolute atomic E-state index is 0.00457. The van der Waals surface area contributed by atoms with E-state index in [0.29, 0.717) is 18.1 Å². The van der Waals surface area contributed by atoms with E-state index in [1.165, 1.54) is 5.56 Å². The molecule has 5 nitrogen and oxygen atoms in total. The van der Waals surface area contributed by atoms with Crippen LogP contribution in [0.1, 0.15) is 37.1 Å². The summed E-state index contributed by atoms with van der Waals surface area (Å²) < 4.78 is 0. The number of pyridine rings is 1. The van der Waals surface area contributed by atoms with Crippen LogP contribution in [0.2, 0.25) is 0 Å². The zero-order valence-electron chi connectivity index (χ0n) is 12.4. The molecule has 1 aliphatic heterocycles. The largest absolute Gasteiger partial charge is 0.389 e. The van der Waals surface area contributed by atoms with E-state index >= 15 is 0 Å². The standard InChI is InChI=1S/C15H20N4OS/c1-15(2)14(20)17-6-7-19(15)13-10(12(16)21)8-9-4-3-5-11(9)18-13/h8H,3-7H2,1-2H3,(H2,16,21)(H,17,20). The average Bonchev–Trinajstić information content (AvgIpc) is 2.87. The number of nitrogens with one attached hydrogen (secondary N) is 1. The summed E-state index contributed by atoms with van der Waals surface area (Å²) in [6.45, 7) is 5.12. The van der Waals surface area contributed by atoms with E-state index in [2.05, 4.69) is 11.4 Å². The number of thiocarbonyl (C=S) groups is 1. The van der Waals surface area contributed by atoms with Crippen molar-refractivity contribution in [3.8, 4) is 0 Å². The Bertz CT molecular complexity index is 626. The lowest BCUT2D eigenvalue weighted by Gasteiger charge is -2.42. The van der Waals surface area contributed by atoms with Gasteiger partial charge in [0.25, 0.3) is 0 Å². The number of hydrogen-bond acceptors (Lipinski definition) is 4. The predicted octanol–water partition coefficient (Wildman–Crippen LogP) is 0.919. The lowest BCUT2D eigenvalue weighted by atomic mass is 9.97. The predicted molar refractivity (Wildman–Crippen MR) is 86.6 cm³/mol. The van der Waals surface area contributed by atoms with Gasteiger partial charge in [-0.05, 0) is 44.7 Å². The van der Waals surface area contributed by atoms with Gasteiger partial charge >= 0.3 is 0 Å². The molecule has 2 aliphatic rings. The highest BCUT2D eigenvalue weighted by Gasteiger charge is 2.39. The first-order valence-electron chi connectivity index (χ1n) is 7.30. The lowest BCUT2D eigenvalue weighted by Crippen LogP contribution is -2.62. The molecule has 0 saturated carbocycles. The maximum atomic E-state index is 12.2. The molecule has 1 aromatic heterocycles. The third kappa shape index (κ3) is 2.27. The maximum absolute atomic E-state index is 12.2. The number of amides is 1. The van der Waals surface area contributed by atoms with Crippen molar-refractivity contribution in [2.24, 2.45) is 5.73 Å². The topological polar surface area (TPSA) is 71.2 Å². The molecule has 0 atom stereocenters. The van der Waals surface area contributed by atoms with Crippen molar-refractivity contribution in [2.45, 2.75) is 38.6 Å². The van der Waals surface area contributed by atoms with Gasteiger partial charge in [-0.15, -0.1) is 0 Å². The number of rotatable bonds is 2. The van der Waals surface area contributed by atoms with Crippen LogP contribution in [-0.4, -0.2) is 34.5 Å². The van der Waals surface area contributed by atoms with Crippen LogP contribution >= 0.6 is 12.2 Å². The second-order valence-electron chi connectivity index (χ2n) is 6.15. The molecule has 112 valence electrons. The van der Waals surface area contributed by atoms with Gasteiger partial charge in [-0.1, -0.05) is 12.2 Å². The molecule has 21 heavy (non-hydrogen) atoms. The first-order chi connectivity index (χ1) is 9.91. The fraction of sp³-hybridized carbons (Fsp3) is 0.533. The fourth-order valence-electron chi connectivity index (χ4n) is 3.12. The van der Waals surface area contributed by atoms with E-state index in [4.69, 9.17) is 22.9 Å². The Morgan fingerprint density at radius 2 is 2.24 bits per heavy atom. The van der Waals surface area contributed by atoms with Crippen molar-refractivity contribution < 1.29 is 4.79 Å².